The van der Waals surface area contributed by atoms with E-state index in [-0.39, 0.29) is 12.0 Å². The summed E-state index contributed by atoms with van der Waals surface area (Å²) in [6.07, 6.45) is 3.60. The van der Waals surface area contributed by atoms with Gasteiger partial charge in [-0.05, 0) is 24.6 Å². The van der Waals surface area contributed by atoms with Crippen LogP contribution < -0.4 is 20.7 Å². The fourth-order valence-corrected chi connectivity index (χ4v) is 4.13. The molecule has 166 valence electrons. The minimum absolute atomic E-state index is 0.146. The molecule has 2 aromatic heterocycles. The van der Waals surface area contributed by atoms with E-state index in [4.69, 9.17) is 21.1 Å². The molecule has 9 nitrogen and oxygen atoms in total. The predicted octanol–water partition coefficient (Wildman–Crippen LogP) is 3.36. The maximum Gasteiger partial charge on any atom is 0.255 e. The van der Waals surface area contributed by atoms with Gasteiger partial charge in [0.05, 0.1) is 46.6 Å². The summed E-state index contributed by atoms with van der Waals surface area (Å²) in [6.45, 7) is 2.02. The Morgan fingerprint density at radius 1 is 1.34 bits per heavy atom. The van der Waals surface area contributed by atoms with Gasteiger partial charge < -0.3 is 30.4 Å². The van der Waals surface area contributed by atoms with Gasteiger partial charge in [-0.3, -0.25) is 4.79 Å². The van der Waals surface area contributed by atoms with E-state index in [0.29, 0.717) is 64.6 Å². The second kappa shape index (κ2) is 8.68. The van der Waals surface area contributed by atoms with E-state index >= 15 is 0 Å². The zero-order valence-electron chi connectivity index (χ0n) is 17.5. The van der Waals surface area contributed by atoms with Crippen molar-refractivity contribution >= 4 is 34.8 Å². The fourth-order valence-electron chi connectivity index (χ4n) is 3.88. The summed E-state index contributed by atoms with van der Waals surface area (Å²) in [5.41, 5.74) is 4.02. The van der Waals surface area contributed by atoms with Crippen LogP contribution in [0.5, 0.6) is 5.75 Å². The number of hydrogen-bond acceptors (Lipinski definition) is 7. The number of hydrogen-bond donors (Lipinski definition) is 4. The molecule has 1 amide bonds. The standard InChI is InChI=1S/C22H23ClN6O3/c1-31-20-13(23)3-2-4-16(20)28-19-17-14(5-8-24-21(17)30)27-18(19)15-6-9-25-22(29-15)26-11-12-7-10-32-12/h2-4,6,9,12,27-28H,5,7-8,10-11H2,1H3,(H,24,30)(H,25,26,29)/t12-/m0/s1. The highest BCUT2D eigenvalue weighted by atomic mass is 35.5. The highest BCUT2D eigenvalue weighted by Gasteiger charge is 2.28. The van der Waals surface area contributed by atoms with Crippen LogP contribution in [0.3, 0.4) is 0 Å². The lowest BCUT2D eigenvalue weighted by Crippen LogP contribution is -2.33. The van der Waals surface area contributed by atoms with Gasteiger partial charge in [0.25, 0.3) is 5.91 Å². The van der Waals surface area contributed by atoms with Crippen molar-refractivity contribution in [2.24, 2.45) is 0 Å². The average Bonchev–Trinajstić information content (AvgIpc) is 3.13. The van der Waals surface area contributed by atoms with Gasteiger partial charge in [0.2, 0.25) is 5.95 Å². The Morgan fingerprint density at radius 2 is 2.22 bits per heavy atom. The fraction of sp³-hybridized carbons (Fsp3) is 0.318. The molecule has 0 aliphatic carbocycles. The van der Waals surface area contributed by atoms with Crippen molar-refractivity contribution in [3.8, 4) is 17.1 Å². The number of benzene rings is 1. The monoisotopic (exact) mass is 454 g/mol. The number of H-pyrrole nitrogens is 1. The van der Waals surface area contributed by atoms with Crippen LogP contribution in [0.15, 0.2) is 30.5 Å². The molecule has 1 saturated heterocycles. The molecule has 4 heterocycles. The first-order valence-electron chi connectivity index (χ1n) is 10.5. The molecule has 1 aromatic carbocycles. The molecule has 0 spiro atoms. The summed E-state index contributed by atoms with van der Waals surface area (Å²) in [7, 11) is 1.56. The third-order valence-corrected chi connectivity index (χ3v) is 5.89. The zero-order chi connectivity index (χ0) is 22.1. The first-order chi connectivity index (χ1) is 15.6. The lowest BCUT2D eigenvalue weighted by Gasteiger charge is -2.26. The molecule has 1 atom stereocenters. The number of carbonyl (C=O) groups excluding carboxylic acids is 1. The van der Waals surface area contributed by atoms with Crippen LogP contribution in [0.2, 0.25) is 5.02 Å². The van der Waals surface area contributed by atoms with Crippen LogP contribution in [0, 0.1) is 0 Å². The van der Waals surface area contributed by atoms with Crippen LogP contribution >= 0.6 is 11.6 Å². The molecule has 0 unspecified atom stereocenters. The number of rotatable bonds is 7. The molecule has 2 aliphatic heterocycles. The smallest absolute Gasteiger partial charge is 0.255 e. The number of fused-ring (bicyclic) bond motifs is 1. The summed E-state index contributed by atoms with van der Waals surface area (Å²) in [4.78, 5) is 25.1. The number of methoxy groups -OCH3 is 1. The molecule has 3 aromatic rings. The first kappa shape index (κ1) is 20.6. The van der Waals surface area contributed by atoms with E-state index in [1.807, 2.05) is 12.1 Å². The first-order valence-corrected chi connectivity index (χ1v) is 10.8. The van der Waals surface area contributed by atoms with E-state index in [9.17, 15) is 4.79 Å². The summed E-state index contributed by atoms with van der Waals surface area (Å²) < 4.78 is 10.9. The third kappa shape index (κ3) is 3.85. The largest absolute Gasteiger partial charge is 0.493 e. The number of ether oxygens (including phenoxy) is 2. The Labute approximate surface area is 189 Å². The maximum atomic E-state index is 12.8. The molecule has 10 heteroatoms. The van der Waals surface area contributed by atoms with Crippen molar-refractivity contribution in [3.05, 3.63) is 46.7 Å². The van der Waals surface area contributed by atoms with E-state index < -0.39 is 0 Å². The second-order valence-electron chi connectivity index (χ2n) is 7.61. The lowest BCUT2D eigenvalue weighted by molar-refractivity contribution is -0.0411. The van der Waals surface area contributed by atoms with Gasteiger partial charge in [-0.25, -0.2) is 9.97 Å². The Morgan fingerprint density at radius 3 is 3.00 bits per heavy atom. The van der Waals surface area contributed by atoms with E-state index in [0.717, 1.165) is 18.7 Å². The van der Waals surface area contributed by atoms with Gasteiger partial charge in [0.15, 0.2) is 5.75 Å². The summed E-state index contributed by atoms with van der Waals surface area (Å²) >= 11 is 6.31. The Balaban J connectivity index is 1.54. The predicted molar refractivity (Wildman–Crippen MR) is 122 cm³/mol. The summed E-state index contributed by atoms with van der Waals surface area (Å²) in [5, 5.41) is 9.96. The Bertz CT molecular complexity index is 1160. The topological polar surface area (TPSA) is 113 Å². The van der Waals surface area contributed by atoms with Crippen molar-refractivity contribution in [3.63, 3.8) is 0 Å². The van der Waals surface area contributed by atoms with Crippen molar-refractivity contribution in [2.45, 2.75) is 18.9 Å². The number of anilines is 3. The Hall–Kier alpha value is -3.30. The zero-order valence-corrected chi connectivity index (χ0v) is 18.3. The van der Waals surface area contributed by atoms with Crippen LogP contribution in [0.4, 0.5) is 17.3 Å². The number of aromatic amines is 1. The van der Waals surface area contributed by atoms with Crippen LogP contribution in [-0.4, -0.2) is 53.8 Å². The highest BCUT2D eigenvalue weighted by molar-refractivity contribution is 6.32. The number of nitrogens with one attached hydrogen (secondary N) is 4. The molecule has 0 radical (unpaired) electrons. The van der Waals surface area contributed by atoms with Gasteiger partial charge in [0.1, 0.15) is 0 Å². The van der Waals surface area contributed by atoms with Gasteiger partial charge in [-0.2, -0.15) is 0 Å². The highest BCUT2D eigenvalue weighted by Crippen LogP contribution is 2.40. The minimum atomic E-state index is -0.146. The average molecular weight is 455 g/mol. The SMILES string of the molecule is COc1c(Cl)cccc1Nc1c(-c2ccnc(NC[C@@H]3CCO3)n2)[nH]c2c1C(=O)NCC2. The third-order valence-electron chi connectivity index (χ3n) is 5.59. The lowest BCUT2D eigenvalue weighted by atomic mass is 10.1. The van der Waals surface area contributed by atoms with Crippen molar-refractivity contribution < 1.29 is 14.3 Å². The summed E-state index contributed by atoms with van der Waals surface area (Å²) in [6, 6.07) is 7.22. The van der Waals surface area contributed by atoms with Gasteiger partial charge >= 0.3 is 0 Å². The molecule has 0 saturated carbocycles. The number of aromatic nitrogens is 3. The number of halogens is 1. The minimum Gasteiger partial charge on any atom is -0.493 e. The van der Waals surface area contributed by atoms with Gasteiger partial charge in [0, 0.05) is 38.0 Å². The molecule has 5 rings (SSSR count). The van der Waals surface area contributed by atoms with Crippen molar-refractivity contribution in [2.75, 3.05) is 37.4 Å². The second-order valence-corrected chi connectivity index (χ2v) is 8.02. The molecular weight excluding hydrogens is 432 g/mol. The molecule has 2 aliphatic rings. The molecule has 32 heavy (non-hydrogen) atoms. The molecular formula is C22H23ClN6O3. The number of amides is 1. The van der Waals surface area contributed by atoms with Crippen LogP contribution in [-0.2, 0) is 11.2 Å². The van der Waals surface area contributed by atoms with E-state index in [1.165, 1.54) is 0 Å². The Kier molecular flexibility index (Phi) is 5.59. The molecule has 1 fully saturated rings. The van der Waals surface area contributed by atoms with Crippen molar-refractivity contribution in [1.29, 1.82) is 0 Å². The quantitative estimate of drug-likeness (QED) is 0.433. The van der Waals surface area contributed by atoms with E-state index in [2.05, 4.69) is 30.9 Å². The van der Waals surface area contributed by atoms with E-state index in [1.54, 1.807) is 25.4 Å². The molecule has 4 N–H and O–H groups in total. The maximum absolute atomic E-state index is 12.8. The van der Waals surface area contributed by atoms with Gasteiger partial charge in [-0.15, -0.1) is 0 Å². The molecule has 0 bridgehead atoms. The van der Waals surface area contributed by atoms with Crippen LogP contribution in [0.1, 0.15) is 22.5 Å². The normalized spacial score (nSPS) is 17.2. The van der Waals surface area contributed by atoms with Crippen LogP contribution in [0.25, 0.3) is 11.4 Å². The number of nitrogens with zero attached hydrogens (tertiary/aromatic N) is 2. The van der Waals surface area contributed by atoms with Gasteiger partial charge in [-0.1, -0.05) is 17.7 Å². The number of para-hydroxylation sites is 1. The number of carbonyl (C=O) groups is 1. The summed E-state index contributed by atoms with van der Waals surface area (Å²) in [5.74, 6) is 0.852. The van der Waals surface area contributed by atoms with Crippen molar-refractivity contribution in [1.82, 2.24) is 20.3 Å².